The number of hydrogen-bond acceptors (Lipinski definition) is 2. The maximum absolute atomic E-state index is 6.33. The summed E-state index contributed by atoms with van der Waals surface area (Å²) in [6.45, 7) is 14.5. The maximum Gasteiger partial charge on any atom is 0.135 e. The Kier molecular flexibility index (Phi) is 7.41. The first-order valence-electron chi connectivity index (χ1n) is 21.7. The molecule has 12 rings (SSSR count). The predicted molar refractivity (Wildman–Crippen MR) is 254 cm³/mol. The summed E-state index contributed by atoms with van der Waals surface area (Å²) >= 11 is 0. The number of hydrogen-bond donors (Lipinski definition) is 0. The first-order valence-corrected chi connectivity index (χ1v) is 21.7. The van der Waals surface area contributed by atoms with Gasteiger partial charge in [0.05, 0.1) is 0 Å². The van der Waals surface area contributed by atoms with Crippen LogP contribution in [0.5, 0.6) is 0 Å². The Morgan fingerprint density at radius 3 is 1.23 bits per heavy atom. The van der Waals surface area contributed by atoms with E-state index in [-0.39, 0.29) is 16.2 Å². The molecule has 2 heteroatoms. The Hall–Kier alpha value is -6.90. The van der Waals surface area contributed by atoms with Crippen LogP contribution in [-0.2, 0) is 16.2 Å². The van der Waals surface area contributed by atoms with E-state index in [2.05, 4.69) is 210 Å². The van der Waals surface area contributed by atoms with Crippen LogP contribution >= 0.6 is 0 Å². The molecule has 0 amide bonds. The zero-order valence-electron chi connectivity index (χ0n) is 35.6. The third-order valence-corrected chi connectivity index (χ3v) is 14.5. The van der Waals surface area contributed by atoms with Gasteiger partial charge < -0.3 is 9.32 Å². The van der Waals surface area contributed by atoms with Crippen LogP contribution in [0.15, 0.2) is 180 Å². The van der Waals surface area contributed by atoms with E-state index >= 15 is 0 Å². The topological polar surface area (TPSA) is 16.4 Å². The Morgan fingerprint density at radius 2 is 0.721 bits per heavy atom. The Bertz CT molecular complexity index is 3180. The third-order valence-electron chi connectivity index (χ3n) is 14.5. The van der Waals surface area contributed by atoms with Crippen molar-refractivity contribution in [3.05, 3.63) is 209 Å². The summed E-state index contributed by atoms with van der Waals surface area (Å²) in [5.41, 5.74) is 24.1. The number of benzene rings is 8. The molecule has 0 fully saturated rings. The van der Waals surface area contributed by atoms with E-state index in [9.17, 15) is 0 Å². The molecule has 0 atom stereocenters. The van der Waals surface area contributed by atoms with Crippen molar-refractivity contribution in [2.45, 2.75) is 57.8 Å². The van der Waals surface area contributed by atoms with E-state index in [0.29, 0.717) is 0 Å². The molecule has 0 saturated carbocycles. The number of para-hydroxylation sites is 3. The van der Waals surface area contributed by atoms with Crippen molar-refractivity contribution in [3.8, 4) is 55.8 Å². The summed E-state index contributed by atoms with van der Waals surface area (Å²) in [5.74, 6) is 0.921. The number of rotatable bonds is 5. The van der Waals surface area contributed by atoms with Crippen LogP contribution in [0.4, 0.5) is 17.1 Å². The lowest BCUT2D eigenvalue weighted by Gasteiger charge is -2.25. The van der Waals surface area contributed by atoms with Gasteiger partial charge in [-0.1, -0.05) is 133 Å². The summed E-state index contributed by atoms with van der Waals surface area (Å²) in [6, 6.07) is 65.0. The fourth-order valence-corrected chi connectivity index (χ4v) is 11.0. The largest absolute Gasteiger partial charge is 0.456 e. The monoisotopic (exact) mass is 785 g/mol. The lowest BCUT2D eigenvalue weighted by atomic mass is 9.78. The van der Waals surface area contributed by atoms with E-state index < -0.39 is 0 Å². The minimum absolute atomic E-state index is 0.141. The summed E-state index contributed by atoms with van der Waals surface area (Å²) in [5, 5.41) is 1.14. The number of anilines is 3. The molecule has 9 aromatic rings. The van der Waals surface area contributed by atoms with Crippen molar-refractivity contribution in [1.29, 1.82) is 0 Å². The quantitative estimate of drug-likeness (QED) is 0.173. The molecule has 3 aliphatic rings. The predicted octanol–water partition coefficient (Wildman–Crippen LogP) is 16.2. The standard InChI is InChI=1S/C59H47NO/c1-57(2)49-29-37(36-21-25-42(26-22-36)60(40-16-9-7-10-17-40)41-18-11-8-12-19-41)23-27-43(49)45-32-53-47(34-51(45)57)48-35-52-46(33-54(48)59(53,5)6)44-28-24-39(30-50(44)58(52,3)4)56-31-38-15-13-14-20-55(38)61-56/h7-35H,1-6H3. The van der Waals surface area contributed by atoms with Gasteiger partial charge in [0.2, 0.25) is 0 Å². The van der Waals surface area contributed by atoms with Crippen LogP contribution in [0.2, 0.25) is 0 Å². The molecule has 0 saturated heterocycles. The lowest BCUT2D eigenvalue weighted by Crippen LogP contribution is -2.17. The number of nitrogens with zero attached hydrogens (tertiary/aromatic N) is 1. The molecule has 0 N–H and O–H groups in total. The highest BCUT2D eigenvalue weighted by atomic mass is 16.3. The number of furan rings is 1. The van der Waals surface area contributed by atoms with E-state index in [1.807, 2.05) is 12.1 Å². The molecule has 8 aromatic carbocycles. The molecule has 1 aromatic heterocycles. The van der Waals surface area contributed by atoms with Gasteiger partial charge in [-0.15, -0.1) is 0 Å². The summed E-state index contributed by atoms with van der Waals surface area (Å²) in [7, 11) is 0. The minimum Gasteiger partial charge on any atom is -0.456 e. The summed E-state index contributed by atoms with van der Waals surface area (Å²) in [6.07, 6.45) is 0. The summed E-state index contributed by atoms with van der Waals surface area (Å²) < 4.78 is 6.33. The van der Waals surface area contributed by atoms with Gasteiger partial charge >= 0.3 is 0 Å². The average Bonchev–Trinajstić information content (AvgIpc) is 3.95. The highest BCUT2D eigenvalue weighted by Crippen LogP contribution is 2.59. The van der Waals surface area contributed by atoms with Gasteiger partial charge in [-0.2, -0.15) is 0 Å². The molecule has 61 heavy (non-hydrogen) atoms. The smallest absolute Gasteiger partial charge is 0.135 e. The van der Waals surface area contributed by atoms with Crippen LogP contribution in [0.3, 0.4) is 0 Å². The SMILES string of the molecule is CC1(C)c2cc(-c3ccc(N(c4ccccc4)c4ccccc4)cc3)ccc2-c2cc3c(cc21)-c1cc2c(cc1C3(C)C)-c1ccc(-c3cc4ccccc4o3)cc1C2(C)C. The van der Waals surface area contributed by atoms with Crippen molar-refractivity contribution in [1.82, 2.24) is 0 Å². The first-order chi connectivity index (χ1) is 29.5. The van der Waals surface area contributed by atoms with Crippen molar-refractivity contribution >= 4 is 28.0 Å². The van der Waals surface area contributed by atoms with Gasteiger partial charge in [0.25, 0.3) is 0 Å². The van der Waals surface area contributed by atoms with Crippen LogP contribution in [-0.4, -0.2) is 0 Å². The molecule has 2 nitrogen and oxygen atoms in total. The van der Waals surface area contributed by atoms with Gasteiger partial charge in [0.15, 0.2) is 0 Å². The molecule has 0 spiro atoms. The Labute approximate surface area is 358 Å². The van der Waals surface area contributed by atoms with Crippen LogP contribution < -0.4 is 4.90 Å². The van der Waals surface area contributed by atoms with E-state index in [0.717, 1.165) is 39.4 Å². The molecule has 0 unspecified atom stereocenters. The van der Waals surface area contributed by atoms with Gasteiger partial charge in [0.1, 0.15) is 11.3 Å². The molecular weight excluding hydrogens is 739 g/mol. The Morgan fingerprint density at radius 1 is 0.328 bits per heavy atom. The fourth-order valence-electron chi connectivity index (χ4n) is 11.0. The highest BCUT2D eigenvalue weighted by Gasteiger charge is 2.44. The molecule has 294 valence electrons. The number of fused-ring (bicyclic) bond motifs is 10. The molecule has 3 aliphatic carbocycles. The van der Waals surface area contributed by atoms with E-state index in [4.69, 9.17) is 4.42 Å². The van der Waals surface area contributed by atoms with Gasteiger partial charge in [-0.3, -0.25) is 0 Å². The van der Waals surface area contributed by atoms with Crippen molar-refractivity contribution < 1.29 is 4.42 Å². The van der Waals surface area contributed by atoms with Gasteiger partial charge in [-0.05, 0) is 163 Å². The second-order valence-corrected chi connectivity index (χ2v) is 19.0. The normalized spacial score (nSPS) is 15.4. The summed E-state index contributed by atoms with van der Waals surface area (Å²) in [4.78, 5) is 2.32. The Balaban J connectivity index is 0.899. The fraction of sp³-hybridized carbons (Fsp3) is 0.153. The second kappa shape index (κ2) is 12.6. The average molecular weight is 786 g/mol. The molecule has 0 aliphatic heterocycles. The van der Waals surface area contributed by atoms with Crippen molar-refractivity contribution in [3.63, 3.8) is 0 Å². The lowest BCUT2D eigenvalue weighted by molar-refractivity contribution is 0.630. The molecule has 1 heterocycles. The molecule has 0 bridgehead atoms. The zero-order chi connectivity index (χ0) is 41.4. The zero-order valence-corrected chi connectivity index (χ0v) is 35.6. The highest BCUT2D eigenvalue weighted by molar-refractivity contribution is 5.94. The molecular formula is C59H47NO. The van der Waals surface area contributed by atoms with Crippen LogP contribution in [0, 0.1) is 0 Å². The minimum atomic E-state index is -0.156. The van der Waals surface area contributed by atoms with E-state index in [1.165, 1.54) is 77.9 Å². The maximum atomic E-state index is 6.33. The van der Waals surface area contributed by atoms with Crippen molar-refractivity contribution in [2.75, 3.05) is 4.90 Å². The van der Waals surface area contributed by atoms with Crippen LogP contribution in [0.25, 0.3) is 66.8 Å². The van der Waals surface area contributed by atoms with E-state index in [1.54, 1.807) is 0 Å². The van der Waals surface area contributed by atoms with Gasteiger partial charge in [-0.25, -0.2) is 0 Å². The first kappa shape index (κ1) is 36.0. The third kappa shape index (κ3) is 5.15. The second-order valence-electron chi connectivity index (χ2n) is 19.0. The molecule has 0 radical (unpaired) electrons. The van der Waals surface area contributed by atoms with Crippen LogP contribution in [0.1, 0.15) is 74.9 Å². The van der Waals surface area contributed by atoms with Gasteiger partial charge in [0, 0.05) is 44.3 Å². The van der Waals surface area contributed by atoms with Crippen molar-refractivity contribution in [2.24, 2.45) is 0 Å².